The van der Waals surface area contributed by atoms with E-state index in [1.807, 2.05) is 6.07 Å². The van der Waals surface area contributed by atoms with Crippen LogP contribution < -0.4 is 5.32 Å². The summed E-state index contributed by atoms with van der Waals surface area (Å²) in [6.07, 6.45) is 0. The highest BCUT2D eigenvalue weighted by atomic mass is 79.9. The van der Waals surface area contributed by atoms with Crippen LogP contribution >= 0.6 is 31.9 Å². The summed E-state index contributed by atoms with van der Waals surface area (Å²) in [5, 5.41) is 11.9. The number of rotatable bonds is 3. The second kappa shape index (κ2) is 5.18. The van der Waals surface area contributed by atoms with Crippen LogP contribution in [0.15, 0.2) is 33.7 Å². The van der Waals surface area contributed by atoms with Crippen molar-refractivity contribution in [2.45, 2.75) is 0 Å². The molecular formula is C10H8Br2N2. The van der Waals surface area contributed by atoms with Gasteiger partial charge in [0.15, 0.2) is 0 Å². The number of nitrogens with one attached hydrogen (secondary N) is 1. The first-order valence-electron chi connectivity index (χ1n) is 3.89. The van der Waals surface area contributed by atoms with Gasteiger partial charge in [0.25, 0.3) is 0 Å². The average Bonchev–Trinajstić information content (AvgIpc) is 2.14. The van der Waals surface area contributed by atoms with Crippen LogP contribution in [-0.4, -0.2) is 6.54 Å². The van der Waals surface area contributed by atoms with Gasteiger partial charge in [-0.3, -0.25) is 0 Å². The van der Waals surface area contributed by atoms with Gasteiger partial charge < -0.3 is 5.32 Å². The van der Waals surface area contributed by atoms with Crippen LogP contribution in [0.4, 0.5) is 5.69 Å². The molecule has 0 heterocycles. The van der Waals surface area contributed by atoms with Gasteiger partial charge in [-0.2, -0.15) is 5.26 Å². The summed E-state index contributed by atoms with van der Waals surface area (Å²) in [7, 11) is 0. The fourth-order valence-electron chi connectivity index (χ4n) is 0.954. The van der Waals surface area contributed by atoms with Gasteiger partial charge in [-0.25, -0.2) is 0 Å². The molecule has 0 fully saturated rings. The molecule has 14 heavy (non-hydrogen) atoms. The standard InChI is InChI=1S/C10H8Br2N2/c1-7(11)6-14-10-3-8(5-13)2-9(12)4-10/h2-4,14H,1,6H2. The first-order chi connectivity index (χ1) is 6.61. The molecular weight excluding hydrogens is 308 g/mol. The Bertz CT molecular complexity index is 394. The van der Waals surface area contributed by atoms with E-state index < -0.39 is 0 Å². The SMILES string of the molecule is C=C(Br)CNc1cc(Br)cc(C#N)c1. The largest absolute Gasteiger partial charge is 0.380 e. The molecule has 1 rings (SSSR count). The predicted octanol–water partition coefficient (Wildman–Crippen LogP) is 3.64. The first-order valence-corrected chi connectivity index (χ1v) is 5.48. The molecule has 2 nitrogen and oxygen atoms in total. The predicted molar refractivity (Wildman–Crippen MR) is 65.4 cm³/mol. The van der Waals surface area contributed by atoms with Gasteiger partial charge in [-0.1, -0.05) is 38.4 Å². The molecule has 1 aromatic carbocycles. The molecule has 0 unspecified atom stereocenters. The number of hydrogen-bond donors (Lipinski definition) is 1. The molecule has 4 heteroatoms. The molecule has 0 saturated carbocycles. The van der Waals surface area contributed by atoms with Crippen molar-refractivity contribution in [3.05, 3.63) is 39.3 Å². The fraction of sp³-hybridized carbons (Fsp3) is 0.100. The van der Waals surface area contributed by atoms with Crippen molar-refractivity contribution in [1.29, 1.82) is 5.26 Å². The van der Waals surface area contributed by atoms with Crippen LogP contribution in [0.2, 0.25) is 0 Å². The van der Waals surface area contributed by atoms with Crippen molar-refractivity contribution in [2.75, 3.05) is 11.9 Å². The summed E-state index contributed by atoms with van der Waals surface area (Å²) in [5.41, 5.74) is 1.53. The Morgan fingerprint density at radius 1 is 1.50 bits per heavy atom. The van der Waals surface area contributed by atoms with E-state index in [4.69, 9.17) is 5.26 Å². The van der Waals surface area contributed by atoms with E-state index in [1.165, 1.54) is 0 Å². The van der Waals surface area contributed by atoms with E-state index in [0.717, 1.165) is 14.6 Å². The van der Waals surface area contributed by atoms with Crippen molar-refractivity contribution in [1.82, 2.24) is 0 Å². The summed E-state index contributed by atoms with van der Waals surface area (Å²) in [4.78, 5) is 0. The average molecular weight is 316 g/mol. The topological polar surface area (TPSA) is 35.8 Å². The molecule has 0 aliphatic rings. The molecule has 72 valence electrons. The lowest BCUT2D eigenvalue weighted by atomic mass is 10.2. The normalized spacial score (nSPS) is 9.21. The highest BCUT2D eigenvalue weighted by Crippen LogP contribution is 2.19. The van der Waals surface area contributed by atoms with Gasteiger partial charge >= 0.3 is 0 Å². The lowest BCUT2D eigenvalue weighted by Crippen LogP contribution is -2.00. The Morgan fingerprint density at radius 2 is 2.21 bits per heavy atom. The third-order valence-electron chi connectivity index (χ3n) is 1.51. The highest BCUT2D eigenvalue weighted by molar-refractivity contribution is 9.11. The lowest BCUT2D eigenvalue weighted by Gasteiger charge is -2.05. The third-order valence-corrected chi connectivity index (χ3v) is 2.25. The van der Waals surface area contributed by atoms with Gasteiger partial charge in [0, 0.05) is 21.2 Å². The summed E-state index contributed by atoms with van der Waals surface area (Å²) in [6.45, 7) is 4.35. The lowest BCUT2D eigenvalue weighted by molar-refractivity contribution is 1.32. The maximum atomic E-state index is 8.74. The minimum absolute atomic E-state index is 0.627. The molecule has 0 bridgehead atoms. The maximum absolute atomic E-state index is 8.74. The van der Waals surface area contributed by atoms with Gasteiger partial charge in [0.1, 0.15) is 0 Å². The minimum Gasteiger partial charge on any atom is -0.380 e. The van der Waals surface area contributed by atoms with Crippen LogP contribution in [0, 0.1) is 11.3 Å². The van der Waals surface area contributed by atoms with Crippen LogP contribution in [0.3, 0.4) is 0 Å². The second-order valence-electron chi connectivity index (χ2n) is 2.71. The molecule has 0 saturated heterocycles. The summed E-state index contributed by atoms with van der Waals surface area (Å²) >= 11 is 6.59. The van der Waals surface area contributed by atoms with Crippen molar-refractivity contribution < 1.29 is 0 Å². The number of hydrogen-bond acceptors (Lipinski definition) is 2. The summed E-state index contributed by atoms with van der Waals surface area (Å²) in [6, 6.07) is 7.57. The minimum atomic E-state index is 0.627. The molecule has 0 aliphatic heterocycles. The molecule has 1 aromatic rings. The smallest absolute Gasteiger partial charge is 0.0992 e. The number of nitriles is 1. The van der Waals surface area contributed by atoms with Crippen LogP contribution in [0.25, 0.3) is 0 Å². The number of anilines is 1. The van der Waals surface area contributed by atoms with Crippen molar-refractivity contribution in [2.24, 2.45) is 0 Å². The van der Waals surface area contributed by atoms with Gasteiger partial charge in [0.2, 0.25) is 0 Å². The van der Waals surface area contributed by atoms with E-state index in [9.17, 15) is 0 Å². The van der Waals surface area contributed by atoms with Crippen LogP contribution in [0.1, 0.15) is 5.56 Å². The van der Waals surface area contributed by atoms with E-state index in [0.29, 0.717) is 12.1 Å². The Morgan fingerprint density at radius 3 is 2.79 bits per heavy atom. The third kappa shape index (κ3) is 3.52. The van der Waals surface area contributed by atoms with Crippen molar-refractivity contribution >= 4 is 37.5 Å². The zero-order valence-electron chi connectivity index (χ0n) is 7.35. The van der Waals surface area contributed by atoms with Gasteiger partial charge in [-0.05, 0) is 18.2 Å². The Labute approximate surface area is 99.9 Å². The zero-order valence-corrected chi connectivity index (χ0v) is 10.5. The van der Waals surface area contributed by atoms with E-state index in [1.54, 1.807) is 12.1 Å². The molecule has 0 spiro atoms. The van der Waals surface area contributed by atoms with E-state index in [-0.39, 0.29) is 0 Å². The Hall–Kier alpha value is -0.790. The quantitative estimate of drug-likeness (QED) is 0.924. The molecule has 1 N–H and O–H groups in total. The molecule has 0 aliphatic carbocycles. The fourth-order valence-corrected chi connectivity index (χ4v) is 1.59. The number of nitrogens with zero attached hydrogens (tertiary/aromatic N) is 1. The van der Waals surface area contributed by atoms with Crippen molar-refractivity contribution in [3.63, 3.8) is 0 Å². The number of benzene rings is 1. The maximum Gasteiger partial charge on any atom is 0.0992 e. The Kier molecular flexibility index (Phi) is 4.18. The summed E-state index contributed by atoms with van der Waals surface area (Å²) < 4.78 is 1.76. The summed E-state index contributed by atoms with van der Waals surface area (Å²) in [5.74, 6) is 0. The van der Waals surface area contributed by atoms with Gasteiger partial charge in [-0.15, -0.1) is 0 Å². The molecule has 0 aromatic heterocycles. The van der Waals surface area contributed by atoms with Crippen LogP contribution in [0.5, 0.6) is 0 Å². The van der Waals surface area contributed by atoms with E-state index in [2.05, 4.69) is 49.8 Å². The second-order valence-corrected chi connectivity index (χ2v) is 4.75. The van der Waals surface area contributed by atoms with Gasteiger partial charge in [0.05, 0.1) is 11.6 Å². The molecule has 0 radical (unpaired) electrons. The van der Waals surface area contributed by atoms with Crippen LogP contribution in [-0.2, 0) is 0 Å². The first kappa shape index (κ1) is 11.3. The van der Waals surface area contributed by atoms with Crippen molar-refractivity contribution in [3.8, 4) is 6.07 Å². The zero-order chi connectivity index (χ0) is 10.6. The Balaban J connectivity index is 2.82. The molecule has 0 atom stereocenters. The number of halogens is 2. The van der Waals surface area contributed by atoms with E-state index >= 15 is 0 Å². The molecule has 0 amide bonds. The monoisotopic (exact) mass is 314 g/mol. The highest BCUT2D eigenvalue weighted by Gasteiger charge is 1.98.